The summed E-state index contributed by atoms with van der Waals surface area (Å²) in [6.07, 6.45) is 5.17. The Bertz CT molecular complexity index is 143. The maximum atomic E-state index is 3.97. The lowest BCUT2D eigenvalue weighted by atomic mass is 10.5. The SMILES string of the molecule is CC=NC=N/C(C)=C\C. The molecule has 50 valence electrons. The van der Waals surface area contributed by atoms with E-state index in [4.69, 9.17) is 0 Å². The van der Waals surface area contributed by atoms with Gasteiger partial charge in [0, 0.05) is 11.9 Å². The molecule has 0 saturated heterocycles. The molecule has 9 heavy (non-hydrogen) atoms. The van der Waals surface area contributed by atoms with Gasteiger partial charge in [-0.3, -0.25) is 0 Å². The van der Waals surface area contributed by atoms with Crippen molar-refractivity contribution in [3.63, 3.8) is 0 Å². The highest BCUT2D eigenvalue weighted by Gasteiger charge is 1.72. The van der Waals surface area contributed by atoms with Gasteiger partial charge in [-0.1, -0.05) is 6.08 Å². The van der Waals surface area contributed by atoms with E-state index in [0.29, 0.717) is 0 Å². The molecule has 0 aliphatic rings. The second-order valence-corrected chi connectivity index (χ2v) is 1.58. The van der Waals surface area contributed by atoms with Gasteiger partial charge in [0.25, 0.3) is 0 Å². The minimum atomic E-state index is 0.987. The zero-order valence-corrected chi connectivity index (χ0v) is 6.13. The first-order chi connectivity index (χ1) is 4.31. The van der Waals surface area contributed by atoms with Gasteiger partial charge in [0.15, 0.2) is 0 Å². The molecule has 0 atom stereocenters. The van der Waals surface area contributed by atoms with Crippen molar-refractivity contribution in [2.75, 3.05) is 0 Å². The van der Waals surface area contributed by atoms with Crippen LogP contribution < -0.4 is 0 Å². The monoisotopic (exact) mass is 124 g/mol. The molecule has 2 heteroatoms. The molecule has 0 N–H and O–H groups in total. The third-order valence-corrected chi connectivity index (χ3v) is 0.895. The van der Waals surface area contributed by atoms with Crippen LogP contribution in [0, 0.1) is 0 Å². The Morgan fingerprint density at radius 1 is 1.33 bits per heavy atom. The standard InChI is InChI=1S/C7H12N2/c1-4-7(3)9-6-8-5-2/h4-6H,1-3H3/b7-4-,8-5?,9-6?. The van der Waals surface area contributed by atoms with Gasteiger partial charge in [-0.2, -0.15) is 0 Å². The average molecular weight is 124 g/mol. The van der Waals surface area contributed by atoms with Crippen molar-refractivity contribution in [1.82, 2.24) is 0 Å². The summed E-state index contributed by atoms with van der Waals surface area (Å²) in [6, 6.07) is 0. The van der Waals surface area contributed by atoms with Crippen molar-refractivity contribution in [1.29, 1.82) is 0 Å². The van der Waals surface area contributed by atoms with Gasteiger partial charge in [-0.15, -0.1) is 0 Å². The van der Waals surface area contributed by atoms with E-state index in [1.54, 1.807) is 6.21 Å². The van der Waals surface area contributed by atoms with Crippen molar-refractivity contribution in [3.8, 4) is 0 Å². The Morgan fingerprint density at radius 3 is 2.44 bits per heavy atom. The maximum Gasteiger partial charge on any atom is 0.115 e. The van der Waals surface area contributed by atoms with Gasteiger partial charge >= 0.3 is 0 Å². The molecule has 0 heterocycles. The predicted molar refractivity (Wildman–Crippen MR) is 42.1 cm³/mol. The minimum absolute atomic E-state index is 0.987. The topological polar surface area (TPSA) is 24.7 Å². The molecule has 0 aliphatic carbocycles. The van der Waals surface area contributed by atoms with Crippen molar-refractivity contribution in [3.05, 3.63) is 11.8 Å². The van der Waals surface area contributed by atoms with Crippen molar-refractivity contribution >= 4 is 12.6 Å². The van der Waals surface area contributed by atoms with Gasteiger partial charge in [0.05, 0.1) is 0 Å². The van der Waals surface area contributed by atoms with Crippen LogP contribution in [0.15, 0.2) is 21.8 Å². The maximum absolute atomic E-state index is 3.97. The van der Waals surface area contributed by atoms with Crippen molar-refractivity contribution < 1.29 is 0 Å². The van der Waals surface area contributed by atoms with Crippen LogP contribution in [0.3, 0.4) is 0 Å². The van der Waals surface area contributed by atoms with Crippen LogP contribution in [0.2, 0.25) is 0 Å². The first-order valence-electron chi connectivity index (χ1n) is 2.94. The highest BCUT2D eigenvalue weighted by molar-refractivity contribution is 5.71. The Kier molecular flexibility index (Phi) is 4.69. The van der Waals surface area contributed by atoms with E-state index in [9.17, 15) is 0 Å². The Balaban J connectivity index is 3.71. The molecule has 0 unspecified atom stereocenters. The molecule has 0 amide bonds. The number of hydrogen-bond acceptors (Lipinski definition) is 1. The normalized spacial score (nSPS) is 13.9. The van der Waals surface area contributed by atoms with Crippen molar-refractivity contribution in [2.45, 2.75) is 20.8 Å². The van der Waals surface area contributed by atoms with E-state index in [0.717, 1.165) is 5.70 Å². The van der Waals surface area contributed by atoms with Crippen LogP contribution >= 0.6 is 0 Å². The van der Waals surface area contributed by atoms with Crippen LogP contribution in [0.5, 0.6) is 0 Å². The summed E-state index contributed by atoms with van der Waals surface area (Å²) < 4.78 is 0. The van der Waals surface area contributed by atoms with Gasteiger partial charge in [0.2, 0.25) is 0 Å². The number of allylic oxidation sites excluding steroid dienone is 2. The van der Waals surface area contributed by atoms with Crippen LogP contribution in [0.4, 0.5) is 0 Å². The molecule has 0 spiro atoms. The Morgan fingerprint density at radius 2 is 2.00 bits per heavy atom. The number of rotatable bonds is 2. The Labute approximate surface area is 56.0 Å². The third kappa shape index (κ3) is 4.94. The summed E-state index contributed by atoms with van der Waals surface area (Å²) in [4.78, 5) is 7.77. The van der Waals surface area contributed by atoms with Gasteiger partial charge < -0.3 is 0 Å². The van der Waals surface area contributed by atoms with E-state index in [1.807, 2.05) is 26.8 Å². The van der Waals surface area contributed by atoms with Crippen molar-refractivity contribution in [2.24, 2.45) is 9.98 Å². The Hall–Kier alpha value is -0.920. The lowest BCUT2D eigenvalue weighted by molar-refractivity contribution is 1.29. The van der Waals surface area contributed by atoms with Crippen LogP contribution in [0.25, 0.3) is 0 Å². The summed E-state index contributed by atoms with van der Waals surface area (Å²) in [5, 5.41) is 0. The van der Waals surface area contributed by atoms with E-state index in [-0.39, 0.29) is 0 Å². The van der Waals surface area contributed by atoms with E-state index < -0.39 is 0 Å². The van der Waals surface area contributed by atoms with Crippen LogP contribution in [-0.4, -0.2) is 12.6 Å². The smallest absolute Gasteiger partial charge is 0.115 e. The fraction of sp³-hybridized carbons (Fsp3) is 0.429. The largest absolute Gasteiger partial charge is 0.250 e. The third-order valence-electron chi connectivity index (χ3n) is 0.895. The summed E-state index contributed by atoms with van der Waals surface area (Å²) in [7, 11) is 0. The molecule has 0 saturated carbocycles. The molecule has 0 aromatic heterocycles. The van der Waals surface area contributed by atoms with E-state index in [2.05, 4.69) is 9.98 Å². The fourth-order valence-corrected chi connectivity index (χ4v) is 0.266. The number of aliphatic imine (C=N–C) groups is 2. The molecule has 0 rings (SSSR count). The molecule has 0 aromatic carbocycles. The zero-order valence-electron chi connectivity index (χ0n) is 6.13. The minimum Gasteiger partial charge on any atom is -0.250 e. The molecular weight excluding hydrogens is 112 g/mol. The van der Waals surface area contributed by atoms with Gasteiger partial charge in [-0.05, 0) is 20.8 Å². The number of nitrogens with zero attached hydrogens (tertiary/aromatic N) is 2. The average Bonchev–Trinajstić information content (AvgIpc) is 1.89. The lowest BCUT2D eigenvalue weighted by Gasteiger charge is -1.82. The molecule has 0 radical (unpaired) electrons. The fourth-order valence-electron chi connectivity index (χ4n) is 0.266. The molecular formula is C7H12N2. The van der Waals surface area contributed by atoms with Crippen LogP contribution in [-0.2, 0) is 0 Å². The summed E-state index contributed by atoms with van der Waals surface area (Å²) in [5.74, 6) is 0. The quantitative estimate of drug-likeness (QED) is 0.397. The highest BCUT2D eigenvalue weighted by Crippen LogP contribution is 1.89. The first kappa shape index (κ1) is 8.08. The summed E-state index contributed by atoms with van der Waals surface area (Å²) in [5.41, 5.74) is 0.987. The number of hydrogen-bond donors (Lipinski definition) is 0. The van der Waals surface area contributed by atoms with Gasteiger partial charge in [0.1, 0.15) is 6.34 Å². The zero-order chi connectivity index (χ0) is 7.11. The first-order valence-corrected chi connectivity index (χ1v) is 2.94. The predicted octanol–water partition coefficient (Wildman–Crippen LogP) is 2.03. The van der Waals surface area contributed by atoms with E-state index in [1.165, 1.54) is 6.34 Å². The lowest BCUT2D eigenvalue weighted by Crippen LogP contribution is -1.69. The highest BCUT2D eigenvalue weighted by atomic mass is 14.8. The second kappa shape index (κ2) is 5.22. The van der Waals surface area contributed by atoms with Gasteiger partial charge in [-0.25, -0.2) is 9.98 Å². The summed E-state index contributed by atoms with van der Waals surface area (Å²) >= 11 is 0. The molecule has 0 fully saturated rings. The molecule has 0 aliphatic heterocycles. The second-order valence-electron chi connectivity index (χ2n) is 1.58. The van der Waals surface area contributed by atoms with Crippen LogP contribution in [0.1, 0.15) is 20.8 Å². The van der Waals surface area contributed by atoms with E-state index >= 15 is 0 Å². The summed E-state index contributed by atoms with van der Waals surface area (Å²) in [6.45, 7) is 5.74. The molecule has 2 nitrogen and oxygen atoms in total. The molecule has 0 bridgehead atoms. The molecule has 0 aromatic rings.